The molecule has 7 heteroatoms. The van der Waals surface area contributed by atoms with E-state index in [4.69, 9.17) is 4.74 Å². The van der Waals surface area contributed by atoms with Crippen LogP contribution >= 0.6 is 0 Å². The number of benzene rings is 2. The predicted octanol–water partition coefficient (Wildman–Crippen LogP) is 5.76. The molecule has 0 saturated carbocycles. The van der Waals surface area contributed by atoms with E-state index in [0.29, 0.717) is 28.2 Å². The van der Waals surface area contributed by atoms with Gasteiger partial charge in [0.15, 0.2) is 0 Å². The van der Waals surface area contributed by atoms with Gasteiger partial charge in [-0.2, -0.15) is 20.5 Å². The van der Waals surface area contributed by atoms with Crippen molar-refractivity contribution in [2.75, 3.05) is 6.61 Å². The molecule has 0 saturated heterocycles. The number of rotatable bonds is 7. The fourth-order valence-corrected chi connectivity index (χ4v) is 3.17. The van der Waals surface area contributed by atoms with Crippen LogP contribution in [0.3, 0.4) is 0 Å². The Bertz CT molecular complexity index is 1160. The van der Waals surface area contributed by atoms with E-state index < -0.39 is 11.9 Å². The summed E-state index contributed by atoms with van der Waals surface area (Å²) in [7, 11) is 0. The summed E-state index contributed by atoms with van der Waals surface area (Å²) in [6.45, 7) is 3.78. The average molecular weight is 426 g/mol. The van der Waals surface area contributed by atoms with Crippen molar-refractivity contribution in [3.63, 3.8) is 0 Å². The summed E-state index contributed by atoms with van der Waals surface area (Å²) in [5.74, 6) is -1.54. The first-order valence-electron chi connectivity index (χ1n) is 10.0. The van der Waals surface area contributed by atoms with E-state index in [1.54, 1.807) is 54.6 Å². The molecule has 2 aliphatic rings. The normalized spacial score (nSPS) is 22.4. The summed E-state index contributed by atoms with van der Waals surface area (Å²) >= 11 is 0. The third kappa shape index (κ3) is 5.09. The van der Waals surface area contributed by atoms with E-state index in [1.165, 1.54) is 6.08 Å². The van der Waals surface area contributed by atoms with Gasteiger partial charge in [0, 0.05) is 5.57 Å². The van der Waals surface area contributed by atoms with Crippen LogP contribution in [0.4, 0.5) is 17.1 Å². The summed E-state index contributed by atoms with van der Waals surface area (Å²) in [4.78, 5) is 0. The maximum atomic E-state index is 10.5. The molecule has 2 unspecified atom stereocenters. The van der Waals surface area contributed by atoms with Crippen LogP contribution in [0.1, 0.15) is 0 Å². The fraction of sp³-hybridized carbons (Fsp3) is 0.120. The summed E-state index contributed by atoms with van der Waals surface area (Å²) < 4.78 is 5.40. The van der Waals surface area contributed by atoms with Gasteiger partial charge >= 0.3 is 0 Å². The van der Waals surface area contributed by atoms with Crippen molar-refractivity contribution >= 4 is 17.1 Å². The molecule has 2 aliphatic carbocycles. The van der Waals surface area contributed by atoms with Crippen molar-refractivity contribution in [2.45, 2.75) is 11.9 Å². The van der Waals surface area contributed by atoms with E-state index in [9.17, 15) is 10.2 Å². The van der Waals surface area contributed by atoms with Gasteiger partial charge in [0.1, 0.15) is 11.8 Å². The van der Waals surface area contributed by atoms with Gasteiger partial charge < -0.3 is 14.9 Å². The van der Waals surface area contributed by atoms with Crippen LogP contribution < -0.4 is 0 Å². The highest BCUT2D eigenvalue weighted by molar-refractivity contribution is 5.58. The van der Waals surface area contributed by atoms with Gasteiger partial charge in [0.05, 0.1) is 23.7 Å². The highest BCUT2D eigenvalue weighted by Crippen LogP contribution is 2.34. The van der Waals surface area contributed by atoms with Crippen LogP contribution in [-0.2, 0) is 4.74 Å². The Morgan fingerprint density at radius 1 is 0.906 bits per heavy atom. The lowest BCUT2D eigenvalue weighted by Gasteiger charge is -2.28. The molecule has 2 aromatic rings. The molecule has 2 aromatic carbocycles. The third-order valence-corrected chi connectivity index (χ3v) is 4.77. The molecular formula is C25H22N4O3. The number of hydrogen-bond donors (Lipinski definition) is 2. The lowest BCUT2D eigenvalue weighted by atomic mass is 9.89. The first-order chi connectivity index (χ1) is 15.6. The molecule has 0 radical (unpaired) electrons. The first-order valence-corrected chi connectivity index (χ1v) is 10.0. The van der Waals surface area contributed by atoms with Gasteiger partial charge in [-0.05, 0) is 60.2 Å². The number of aliphatic hydroxyl groups is 2. The molecule has 0 fully saturated rings. The minimum atomic E-state index is -1.54. The van der Waals surface area contributed by atoms with Crippen molar-refractivity contribution in [3.8, 4) is 0 Å². The zero-order valence-corrected chi connectivity index (χ0v) is 17.2. The Hall–Kier alpha value is -3.78. The van der Waals surface area contributed by atoms with Crippen LogP contribution in [-0.4, -0.2) is 28.7 Å². The number of hydrogen-bond acceptors (Lipinski definition) is 7. The Morgan fingerprint density at radius 2 is 1.53 bits per heavy atom. The zero-order chi connectivity index (χ0) is 22.4. The summed E-state index contributed by atoms with van der Waals surface area (Å²) in [5, 5.41) is 37.8. The Labute approximate surface area is 185 Å². The number of ether oxygens (including phenoxy) is 1. The predicted molar refractivity (Wildman–Crippen MR) is 122 cm³/mol. The van der Waals surface area contributed by atoms with Gasteiger partial charge in [-0.15, -0.1) is 6.58 Å². The molecule has 0 aliphatic heterocycles. The van der Waals surface area contributed by atoms with E-state index in [-0.39, 0.29) is 6.61 Å². The fourth-order valence-electron chi connectivity index (χ4n) is 3.17. The zero-order valence-electron chi connectivity index (χ0n) is 17.2. The summed E-state index contributed by atoms with van der Waals surface area (Å²) in [6.07, 6.45) is 8.70. The van der Waals surface area contributed by atoms with E-state index >= 15 is 0 Å². The van der Waals surface area contributed by atoms with Gasteiger partial charge in [-0.3, -0.25) is 0 Å². The second kappa shape index (κ2) is 9.57. The van der Waals surface area contributed by atoms with Crippen LogP contribution in [0.2, 0.25) is 0 Å². The second-order valence-electron chi connectivity index (χ2n) is 7.14. The number of azo groups is 2. The molecule has 7 nitrogen and oxygen atoms in total. The molecule has 4 rings (SSSR count). The summed E-state index contributed by atoms with van der Waals surface area (Å²) in [5.41, 5.74) is 3.81. The van der Waals surface area contributed by atoms with Crippen molar-refractivity contribution in [3.05, 3.63) is 114 Å². The highest BCUT2D eigenvalue weighted by Gasteiger charge is 2.29. The van der Waals surface area contributed by atoms with Gasteiger partial charge in [-0.25, -0.2) is 0 Å². The molecule has 0 heterocycles. The molecule has 0 spiro atoms. The average Bonchev–Trinajstić information content (AvgIpc) is 2.82. The minimum Gasteiger partial charge on any atom is -0.383 e. The smallest absolute Gasteiger partial charge is 0.206 e. The van der Waals surface area contributed by atoms with Gasteiger partial charge in [0.2, 0.25) is 5.79 Å². The van der Waals surface area contributed by atoms with Crippen molar-refractivity contribution in [1.82, 2.24) is 0 Å². The van der Waals surface area contributed by atoms with E-state index in [0.717, 1.165) is 5.69 Å². The Kier molecular flexibility index (Phi) is 6.42. The molecule has 2 atom stereocenters. The maximum absolute atomic E-state index is 10.5. The SMILES string of the molecule is C=CCOC1(O)C=CC2=C(/N=N/c3ccc(/N=N/c4ccccc4)cc3)C(O)C=CC2=C1. The highest BCUT2D eigenvalue weighted by atomic mass is 16.6. The van der Waals surface area contributed by atoms with E-state index in [2.05, 4.69) is 27.0 Å². The second-order valence-corrected chi connectivity index (χ2v) is 7.14. The number of aliphatic hydroxyl groups excluding tert-OH is 1. The standard InChI is InChI=1S/C25H22N4O3/c1-2-16-32-25(31)15-14-22-18(17-25)8-13-23(30)24(22)29-28-21-11-9-20(10-12-21)27-26-19-6-4-3-5-7-19/h2-15,17,23,30-31H,1,16H2/b27-26+,29-28+. The van der Waals surface area contributed by atoms with Crippen molar-refractivity contribution < 1.29 is 14.9 Å². The van der Waals surface area contributed by atoms with Crippen LogP contribution in [0.5, 0.6) is 0 Å². The number of allylic oxidation sites excluding steroid dienone is 4. The Balaban J connectivity index is 1.51. The molecule has 160 valence electrons. The third-order valence-electron chi connectivity index (χ3n) is 4.77. The minimum absolute atomic E-state index is 0.198. The van der Waals surface area contributed by atoms with Crippen LogP contribution in [0.15, 0.2) is 135 Å². The monoisotopic (exact) mass is 426 g/mol. The molecule has 2 N–H and O–H groups in total. The largest absolute Gasteiger partial charge is 0.383 e. The molecule has 32 heavy (non-hydrogen) atoms. The molecule has 0 amide bonds. The topological polar surface area (TPSA) is 99.1 Å². The summed E-state index contributed by atoms with van der Waals surface area (Å²) in [6, 6.07) is 16.6. The van der Waals surface area contributed by atoms with E-state index in [1.807, 2.05) is 30.3 Å². The van der Waals surface area contributed by atoms with Crippen LogP contribution in [0.25, 0.3) is 0 Å². The van der Waals surface area contributed by atoms with Crippen molar-refractivity contribution in [1.29, 1.82) is 0 Å². The number of fused-ring (bicyclic) bond motifs is 1. The molecule has 0 bridgehead atoms. The lowest BCUT2D eigenvalue weighted by molar-refractivity contribution is -0.121. The maximum Gasteiger partial charge on any atom is 0.206 e. The molecular weight excluding hydrogens is 404 g/mol. The van der Waals surface area contributed by atoms with Gasteiger partial charge in [0.25, 0.3) is 0 Å². The van der Waals surface area contributed by atoms with Crippen molar-refractivity contribution in [2.24, 2.45) is 20.5 Å². The number of nitrogens with zero attached hydrogens (tertiary/aromatic N) is 4. The molecule has 0 aromatic heterocycles. The van der Waals surface area contributed by atoms with Crippen LogP contribution in [0, 0.1) is 0 Å². The lowest BCUT2D eigenvalue weighted by Crippen LogP contribution is -2.30. The quantitative estimate of drug-likeness (QED) is 0.334. The first kappa shape index (κ1) is 21.5. The Morgan fingerprint density at radius 3 is 2.19 bits per heavy atom. The van der Waals surface area contributed by atoms with Gasteiger partial charge in [-0.1, -0.05) is 36.4 Å².